The summed E-state index contributed by atoms with van der Waals surface area (Å²) in [6.45, 7) is 6.52. The third-order valence-corrected chi connectivity index (χ3v) is 13.6. The number of allylic oxidation sites excluding steroid dienone is 2. The van der Waals surface area contributed by atoms with Crippen LogP contribution in [0.3, 0.4) is 0 Å². The summed E-state index contributed by atoms with van der Waals surface area (Å²) >= 11 is 0. The molecule has 64 heavy (non-hydrogen) atoms. The summed E-state index contributed by atoms with van der Waals surface area (Å²) in [5.41, 5.74) is 0. The number of rotatable bonds is 53. The van der Waals surface area contributed by atoms with E-state index < -0.39 is 18.2 Å². The lowest BCUT2D eigenvalue weighted by molar-refractivity contribution is -0.151. The Labute approximate surface area is 399 Å². The molecule has 6 nitrogen and oxygen atoms in total. The van der Waals surface area contributed by atoms with Gasteiger partial charge in [-0.25, -0.2) is 0 Å². The maximum Gasteiger partial charge on any atom is 0.306 e. The zero-order valence-electron chi connectivity index (χ0n) is 43.4. The molecule has 3 unspecified atom stereocenters. The largest absolute Gasteiger partial charge is 0.462 e. The van der Waals surface area contributed by atoms with Gasteiger partial charge in [-0.15, -0.1) is 0 Å². The molecule has 0 aromatic rings. The predicted molar refractivity (Wildman–Crippen MR) is 278 cm³/mol. The van der Waals surface area contributed by atoms with Gasteiger partial charge < -0.3 is 20.3 Å². The molecule has 0 radical (unpaired) electrons. The first kappa shape index (κ1) is 62.6. The normalized spacial score (nSPS) is 13.1. The Morgan fingerprint density at radius 3 is 1.14 bits per heavy atom. The molecule has 0 bridgehead atoms. The number of aliphatic hydroxyl groups excluding tert-OH is 2. The Morgan fingerprint density at radius 1 is 0.438 bits per heavy atom. The van der Waals surface area contributed by atoms with Gasteiger partial charge in [-0.2, -0.15) is 0 Å². The van der Waals surface area contributed by atoms with Crippen LogP contribution in [0, 0.1) is 0 Å². The van der Waals surface area contributed by atoms with Crippen molar-refractivity contribution in [3.05, 3.63) is 12.2 Å². The summed E-state index contributed by atoms with van der Waals surface area (Å²) in [7, 11) is 0. The summed E-state index contributed by atoms with van der Waals surface area (Å²) in [5.74, 6) is -0.481. The molecule has 380 valence electrons. The van der Waals surface area contributed by atoms with Gasteiger partial charge in [0.25, 0.3) is 0 Å². The molecule has 0 spiro atoms. The van der Waals surface area contributed by atoms with Crippen LogP contribution in [0.15, 0.2) is 12.2 Å². The number of carbonyl (C=O) groups is 2. The third-order valence-electron chi connectivity index (χ3n) is 13.6. The third kappa shape index (κ3) is 47.1. The average Bonchev–Trinajstić information content (AvgIpc) is 3.29. The van der Waals surface area contributed by atoms with Gasteiger partial charge in [0, 0.05) is 6.42 Å². The second-order valence-corrected chi connectivity index (χ2v) is 20.1. The summed E-state index contributed by atoms with van der Waals surface area (Å²) in [5, 5.41) is 23.9. The molecule has 3 N–H and O–H groups in total. The lowest BCUT2D eigenvalue weighted by Crippen LogP contribution is -2.46. The molecule has 0 saturated carbocycles. The lowest BCUT2D eigenvalue weighted by atomic mass is 10.0. The maximum absolute atomic E-state index is 13.2. The van der Waals surface area contributed by atoms with E-state index in [1.54, 1.807) is 0 Å². The summed E-state index contributed by atoms with van der Waals surface area (Å²) in [4.78, 5) is 26.2. The lowest BCUT2D eigenvalue weighted by Gasteiger charge is -2.24. The van der Waals surface area contributed by atoms with Crippen molar-refractivity contribution in [2.24, 2.45) is 0 Å². The number of ether oxygens (including phenoxy) is 1. The van der Waals surface area contributed by atoms with Crippen LogP contribution in [-0.2, 0) is 14.3 Å². The monoisotopic (exact) mass is 904 g/mol. The Morgan fingerprint density at radius 2 is 0.766 bits per heavy atom. The quantitative estimate of drug-likeness (QED) is 0.0321. The number of unbranched alkanes of at least 4 members (excludes halogenated alkanes) is 39. The number of carbonyl (C=O) groups excluding carboxylic acids is 2. The molecule has 3 atom stereocenters. The van der Waals surface area contributed by atoms with Crippen molar-refractivity contribution < 1.29 is 24.5 Å². The molecule has 6 heteroatoms. The van der Waals surface area contributed by atoms with Crippen molar-refractivity contribution in [2.45, 2.75) is 341 Å². The topological polar surface area (TPSA) is 95.9 Å². The van der Waals surface area contributed by atoms with Crippen LogP contribution in [0.2, 0.25) is 0 Å². The van der Waals surface area contributed by atoms with E-state index in [4.69, 9.17) is 4.74 Å². The Hall–Kier alpha value is -1.40. The molecule has 1 amide bonds. The molecule has 0 aliphatic heterocycles. The fourth-order valence-corrected chi connectivity index (χ4v) is 9.20. The van der Waals surface area contributed by atoms with Crippen LogP contribution in [0.4, 0.5) is 0 Å². The number of esters is 1. The van der Waals surface area contributed by atoms with Crippen LogP contribution >= 0.6 is 0 Å². The van der Waals surface area contributed by atoms with E-state index in [0.29, 0.717) is 19.3 Å². The van der Waals surface area contributed by atoms with Crippen molar-refractivity contribution in [3.63, 3.8) is 0 Å². The molecule has 0 aliphatic rings. The summed E-state index contributed by atoms with van der Waals surface area (Å²) in [6.07, 6.45) is 60.0. The zero-order valence-corrected chi connectivity index (χ0v) is 43.4. The number of nitrogens with one attached hydrogen (secondary N) is 1. The van der Waals surface area contributed by atoms with Gasteiger partial charge in [0.05, 0.1) is 25.2 Å². The van der Waals surface area contributed by atoms with E-state index in [0.717, 1.165) is 51.4 Å². The first-order chi connectivity index (χ1) is 31.5. The molecule has 0 aromatic carbocycles. The van der Waals surface area contributed by atoms with Crippen molar-refractivity contribution in [1.82, 2.24) is 5.32 Å². The Bertz CT molecular complexity index is 970. The van der Waals surface area contributed by atoms with Crippen molar-refractivity contribution in [1.29, 1.82) is 0 Å². The first-order valence-corrected chi connectivity index (χ1v) is 28.9. The predicted octanol–water partition coefficient (Wildman–Crippen LogP) is 17.7. The van der Waals surface area contributed by atoms with E-state index in [-0.39, 0.29) is 24.9 Å². The van der Waals surface area contributed by atoms with E-state index in [9.17, 15) is 19.8 Å². The van der Waals surface area contributed by atoms with Crippen molar-refractivity contribution in [2.75, 3.05) is 6.61 Å². The van der Waals surface area contributed by atoms with Crippen LogP contribution < -0.4 is 5.32 Å². The maximum atomic E-state index is 13.2. The highest BCUT2D eigenvalue weighted by Crippen LogP contribution is 2.19. The van der Waals surface area contributed by atoms with Gasteiger partial charge in [-0.05, 0) is 44.9 Å². The average molecular weight is 905 g/mol. The van der Waals surface area contributed by atoms with Crippen molar-refractivity contribution in [3.8, 4) is 0 Å². The van der Waals surface area contributed by atoms with E-state index in [1.165, 1.54) is 225 Å². The summed E-state index contributed by atoms with van der Waals surface area (Å²) in [6, 6.07) is -0.704. The highest BCUT2D eigenvalue weighted by atomic mass is 16.5. The van der Waals surface area contributed by atoms with E-state index in [2.05, 4.69) is 38.2 Å². The second-order valence-electron chi connectivity index (χ2n) is 20.1. The van der Waals surface area contributed by atoms with Crippen molar-refractivity contribution >= 4 is 11.9 Å². The standard InChI is InChI=1S/C58H113NO5/c1-4-7-10-13-16-19-22-25-27-29-30-32-35-38-41-44-47-50-56(61)55(53-60)59-57(62)52-54(49-46-43-40-37-34-24-21-18-15-12-9-6-3)64-58(63)51-48-45-42-39-36-33-31-28-26-23-20-17-14-11-8-5-2/h37,40,54-56,60-61H,4-36,38-39,41-53H2,1-3H3,(H,59,62)/b40-37-. The molecular weight excluding hydrogens is 791 g/mol. The molecule has 0 aliphatic carbocycles. The van der Waals surface area contributed by atoms with Gasteiger partial charge in [-0.1, -0.05) is 277 Å². The van der Waals surface area contributed by atoms with Gasteiger partial charge in [0.2, 0.25) is 5.91 Å². The molecule has 0 saturated heterocycles. The van der Waals surface area contributed by atoms with Gasteiger partial charge in [-0.3, -0.25) is 9.59 Å². The van der Waals surface area contributed by atoms with E-state index >= 15 is 0 Å². The number of amides is 1. The van der Waals surface area contributed by atoms with E-state index in [1.807, 2.05) is 0 Å². The number of aliphatic hydroxyl groups is 2. The molecule has 0 fully saturated rings. The smallest absolute Gasteiger partial charge is 0.306 e. The molecule has 0 heterocycles. The van der Waals surface area contributed by atoms with Crippen LogP contribution in [0.5, 0.6) is 0 Å². The van der Waals surface area contributed by atoms with Gasteiger partial charge in [0.1, 0.15) is 6.10 Å². The fourth-order valence-electron chi connectivity index (χ4n) is 9.20. The van der Waals surface area contributed by atoms with Gasteiger partial charge >= 0.3 is 5.97 Å². The number of hydrogen-bond donors (Lipinski definition) is 3. The van der Waals surface area contributed by atoms with Crippen LogP contribution in [0.1, 0.15) is 323 Å². The van der Waals surface area contributed by atoms with Gasteiger partial charge in [0.15, 0.2) is 0 Å². The fraction of sp³-hybridized carbons (Fsp3) is 0.931. The second kappa shape index (κ2) is 52.6. The summed E-state index contributed by atoms with van der Waals surface area (Å²) < 4.78 is 5.94. The zero-order chi connectivity index (χ0) is 46.7. The molecule has 0 rings (SSSR count). The minimum absolute atomic E-state index is 0.0643. The highest BCUT2D eigenvalue weighted by Gasteiger charge is 2.24. The van der Waals surface area contributed by atoms with Crippen LogP contribution in [0.25, 0.3) is 0 Å². The Balaban J connectivity index is 4.46. The van der Waals surface area contributed by atoms with Crippen LogP contribution in [-0.4, -0.2) is 46.9 Å². The highest BCUT2D eigenvalue weighted by molar-refractivity contribution is 5.77. The molecule has 0 aromatic heterocycles. The minimum atomic E-state index is -0.789. The first-order valence-electron chi connectivity index (χ1n) is 28.9. The molecular formula is C58H113NO5. The number of hydrogen-bond acceptors (Lipinski definition) is 5. The SMILES string of the molecule is CCCCCCCCC/C=C\CCCC(CC(=O)NC(CO)C(O)CCCCCCCCCCCCCCCCCCC)OC(=O)CCCCCCCCCCCCCCCCCC. The Kier molecular flexibility index (Phi) is 51.4. The minimum Gasteiger partial charge on any atom is -0.462 e.